The lowest BCUT2D eigenvalue weighted by Crippen LogP contribution is -2.50. The van der Waals surface area contributed by atoms with Gasteiger partial charge in [-0.2, -0.15) is 0 Å². The van der Waals surface area contributed by atoms with E-state index in [0.29, 0.717) is 11.5 Å². The number of ether oxygens (including phenoxy) is 2. The second kappa shape index (κ2) is 9.22. The van der Waals surface area contributed by atoms with E-state index in [1.165, 1.54) is 13.4 Å². The molecular formula is C18H25N3O6. The first-order chi connectivity index (χ1) is 12.9. The summed E-state index contributed by atoms with van der Waals surface area (Å²) in [6.07, 6.45) is 1.45. The Balaban J connectivity index is 2.36. The summed E-state index contributed by atoms with van der Waals surface area (Å²) in [6.45, 7) is 5.66. The fourth-order valence-electron chi connectivity index (χ4n) is 2.81. The molecule has 0 aliphatic carbocycles. The Bertz CT molecular complexity index is 711. The Morgan fingerprint density at radius 1 is 1.37 bits per heavy atom. The third kappa shape index (κ3) is 4.88. The fraction of sp³-hybridized carbons (Fsp3) is 0.500. The Kier molecular flexibility index (Phi) is 7.00. The van der Waals surface area contributed by atoms with Crippen LogP contribution in [0.2, 0.25) is 0 Å². The third-order valence-corrected chi connectivity index (χ3v) is 4.10. The van der Waals surface area contributed by atoms with Crippen molar-refractivity contribution in [3.05, 3.63) is 35.4 Å². The molecule has 2 atom stereocenters. The molecule has 1 aliphatic heterocycles. The number of urea groups is 1. The number of carbonyl (C=O) groups excluding carboxylic acids is 3. The molecule has 1 aromatic rings. The average Bonchev–Trinajstić information content (AvgIpc) is 3.15. The minimum atomic E-state index is -0.791. The zero-order valence-electron chi connectivity index (χ0n) is 15.8. The van der Waals surface area contributed by atoms with Crippen molar-refractivity contribution in [2.24, 2.45) is 5.92 Å². The van der Waals surface area contributed by atoms with Gasteiger partial charge in [0.25, 0.3) is 0 Å². The largest absolute Gasteiger partial charge is 0.468 e. The average molecular weight is 379 g/mol. The van der Waals surface area contributed by atoms with Crippen molar-refractivity contribution in [3.63, 3.8) is 0 Å². The number of methoxy groups -OCH3 is 1. The Labute approximate surface area is 157 Å². The van der Waals surface area contributed by atoms with E-state index in [1.54, 1.807) is 19.1 Å². The van der Waals surface area contributed by atoms with Crippen LogP contribution in [0.3, 0.4) is 0 Å². The predicted molar refractivity (Wildman–Crippen MR) is 95.4 cm³/mol. The van der Waals surface area contributed by atoms with Gasteiger partial charge in [-0.15, -0.1) is 0 Å². The van der Waals surface area contributed by atoms with Crippen LogP contribution in [0.25, 0.3) is 0 Å². The summed E-state index contributed by atoms with van der Waals surface area (Å²) in [7, 11) is 1.31. The summed E-state index contributed by atoms with van der Waals surface area (Å²) in [4.78, 5) is 36.6. The van der Waals surface area contributed by atoms with Crippen LogP contribution in [0.15, 0.2) is 34.1 Å². The minimum absolute atomic E-state index is 0.0534. The Morgan fingerprint density at radius 2 is 2.11 bits per heavy atom. The van der Waals surface area contributed by atoms with E-state index in [2.05, 4.69) is 16.0 Å². The van der Waals surface area contributed by atoms with Gasteiger partial charge in [0.2, 0.25) is 0 Å². The monoisotopic (exact) mass is 379 g/mol. The molecule has 148 valence electrons. The zero-order valence-corrected chi connectivity index (χ0v) is 15.8. The molecule has 2 heterocycles. The van der Waals surface area contributed by atoms with Crippen LogP contribution >= 0.6 is 0 Å². The maximum absolute atomic E-state index is 12.6. The number of hydrogen-bond acceptors (Lipinski definition) is 7. The van der Waals surface area contributed by atoms with E-state index in [-0.39, 0.29) is 24.6 Å². The molecule has 0 radical (unpaired) electrons. The maximum atomic E-state index is 12.6. The number of esters is 2. The zero-order chi connectivity index (χ0) is 20.0. The first-order valence-electron chi connectivity index (χ1n) is 8.71. The first kappa shape index (κ1) is 20.5. The summed E-state index contributed by atoms with van der Waals surface area (Å²) in [5.41, 5.74) is 0.527. The summed E-state index contributed by atoms with van der Waals surface area (Å²) >= 11 is 0. The first-order valence-corrected chi connectivity index (χ1v) is 8.71. The van der Waals surface area contributed by atoms with E-state index in [1.807, 2.05) is 13.8 Å². The molecule has 0 saturated heterocycles. The molecule has 3 N–H and O–H groups in total. The van der Waals surface area contributed by atoms with E-state index in [0.717, 1.165) is 0 Å². The van der Waals surface area contributed by atoms with Gasteiger partial charge in [-0.05, 0) is 25.0 Å². The number of nitrogens with one attached hydrogen (secondary N) is 3. The van der Waals surface area contributed by atoms with Gasteiger partial charge in [0.15, 0.2) is 0 Å². The maximum Gasteiger partial charge on any atom is 0.338 e. The van der Waals surface area contributed by atoms with Crippen molar-refractivity contribution in [2.75, 3.05) is 20.3 Å². The van der Waals surface area contributed by atoms with Crippen molar-refractivity contribution in [2.45, 2.75) is 32.9 Å². The van der Waals surface area contributed by atoms with Gasteiger partial charge in [-0.3, -0.25) is 10.1 Å². The van der Waals surface area contributed by atoms with Gasteiger partial charge >= 0.3 is 18.0 Å². The molecule has 0 fully saturated rings. The molecule has 0 bridgehead atoms. The van der Waals surface area contributed by atoms with Crippen LogP contribution in [0.4, 0.5) is 4.79 Å². The van der Waals surface area contributed by atoms with Gasteiger partial charge in [0.05, 0.1) is 25.6 Å². The highest BCUT2D eigenvalue weighted by molar-refractivity contribution is 5.95. The number of rotatable bonds is 8. The minimum Gasteiger partial charge on any atom is -0.468 e. The molecule has 1 aromatic heterocycles. The lowest BCUT2D eigenvalue weighted by molar-refractivity contribution is -0.144. The summed E-state index contributed by atoms with van der Waals surface area (Å²) in [6, 6.07) is 1.45. The second-order valence-electron chi connectivity index (χ2n) is 6.29. The van der Waals surface area contributed by atoms with E-state index >= 15 is 0 Å². The van der Waals surface area contributed by atoms with Gasteiger partial charge in [0.1, 0.15) is 17.8 Å². The number of carbonyl (C=O) groups is 3. The molecule has 0 aromatic carbocycles. The molecule has 9 nitrogen and oxygen atoms in total. The second-order valence-corrected chi connectivity index (χ2v) is 6.29. The fourth-order valence-corrected chi connectivity index (χ4v) is 2.81. The van der Waals surface area contributed by atoms with Crippen LogP contribution < -0.4 is 16.0 Å². The smallest absolute Gasteiger partial charge is 0.338 e. The molecular weight excluding hydrogens is 354 g/mol. The highest BCUT2D eigenvalue weighted by Crippen LogP contribution is 2.28. The summed E-state index contributed by atoms with van der Waals surface area (Å²) in [5, 5.41) is 8.32. The van der Waals surface area contributed by atoms with Crippen LogP contribution in [0, 0.1) is 5.92 Å². The molecule has 27 heavy (non-hydrogen) atoms. The number of hydrogen-bond donors (Lipinski definition) is 3. The molecule has 1 aliphatic rings. The van der Waals surface area contributed by atoms with Crippen molar-refractivity contribution in [1.29, 1.82) is 0 Å². The molecule has 2 amide bonds. The molecule has 0 spiro atoms. The lowest BCUT2D eigenvalue weighted by atomic mass is 9.99. The quantitative estimate of drug-likeness (QED) is 0.581. The number of furan rings is 1. The van der Waals surface area contributed by atoms with Gasteiger partial charge in [-0.25, -0.2) is 9.59 Å². The van der Waals surface area contributed by atoms with Crippen LogP contribution in [0.1, 0.15) is 32.6 Å². The molecule has 9 heteroatoms. The van der Waals surface area contributed by atoms with Gasteiger partial charge in [-0.1, -0.05) is 13.8 Å². The van der Waals surface area contributed by atoms with E-state index in [9.17, 15) is 14.4 Å². The summed E-state index contributed by atoms with van der Waals surface area (Å²) in [5.74, 6) is -0.658. The van der Waals surface area contributed by atoms with Crippen molar-refractivity contribution in [1.82, 2.24) is 16.0 Å². The third-order valence-electron chi connectivity index (χ3n) is 4.10. The van der Waals surface area contributed by atoms with Crippen molar-refractivity contribution in [3.8, 4) is 0 Å². The van der Waals surface area contributed by atoms with Crippen LogP contribution in [-0.2, 0) is 19.1 Å². The molecule has 2 rings (SSSR count). The molecule has 0 unspecified atom stereocenters. The van der Waals surface area contributed by atoms with Crippen molar-refractivity contribution < 1.29 is 28.3 Å². The normalized spacial score (nSPS) is 18.0. The van der Waals surface area contributed by atoms with Crippen molar-refractivity contribution >= 4 is 18.0 Å². The van der Waals surface area contributed by atoms with Gasteiger partial charge < -0.3 is 24.5 Å². The Morgan fingerprint density at radius 3 is 2.67 bits per heavy atom. The Hall–Kier alpha value is -2.81. The van der Waals surface area contributed by atoms with Gasteiger partial charge in [0, 0.05) is 12.2 Å². The highest BCUT2D eigenvalue weighted by Gasteiger charge is 2.35. The van der Waals surface area contributed by atoms with E-state index < -0.39 is 30.1 Å². The van der Waals surface area contributed by atoms with Crippen LogP contribution in [0.5, 0.6) is 0 Å². The number of amides is 2. The van der Waals surface area contributed by atoms with Crippen LogP contribution in [-0.4, -0.2) is 44.3 Å². The summed E-state index contributed by atoms with van der Waals surface area (Å²) < 4.78 is 15.3. The topological polar surface area (TPSA) is 119 Å². The standard InChI is InChI=1S/C18H25N3O6/c1-5-26-16(22)13-11(9-19-14(10(2)3)17(23)25-4)20-18(24)21-15(13)12-7-6-8-27-12/h6-8,10,14-15,19H,5,9H2,1-4H3,(H2,20,21,24)/t14-,15+/m0/s1. The predicted octanol–water partition coefficient (Wildman–Crippen LogP) is 1.24. The molecule has 0 saturated carbocycles. The van der Waals surface area contributed by atoms with E-state index in [4.69, 9.17) is 13.9 Å². The highest BCUT2D eigenvalue weighted by atomic mass is 16.5. The lowest BCUT2D eigenvalue weighted by Gasteiger charge is -2.29. The SMILES string of the molecule is CCOC(=O)C1=C(CN[C@H](C(=O)OC)C(C)C)NC(=O)N[C@@H]1c1ccco1.